The van der Waals surface area contributed by atoms with Crippen molar-refractivity contribution < 1.29 is 9.90 Å². The van der Waals surface area contributed by atoms with E-state index in [2.05, 4.69) is 10.6 Å². The number of aliphatic hydroxyl groups is 1. The van der Waals surface area contributed by atoms with Crippen LogP contribution in [0.1, 0.15) is 12.5 Å². The van der Waals surface area contributed by atoms with E-state index in [1.165, 1.54) is 6.20 Å². The number of hydrogen-bond donors (Lipinski definition) is 3. The van der Waals surface area contributed by atoms with Gasteiger partial charge in [0.25, 0.3) is 0 Å². The number of hydrogen-bond acceptors (Lipinski definition) is 2. The molecule has 92 valence electrons. The predicted molar refractivity (Wildman–Crippen MR) is 68.7 cm³/mol. The Kier molecular flexibility index (Phi) is 5.52. The lowest BCUT2D eigenvalue weighted by molar-refractivity contribution is 0.188. The second kappa shape index (κ2) is 6.93. The molecule has 1 aromatic rings. The molecule has 2 amide bonds. The van der Waals surface area contributed by atoms with Crippen molar-refractivity contribution in [2.24, 2.45) is 0 Å². The monoisotopic (exact) mass is 254 g/mol. The van der Waals surface area contributed by atoms with Crippen molar-refractivity contribution in [3.05, 3.63) is 41.1 Å². The summed E-state index contributed by atoms with van der Waals surface area (Å²) in [6.45, 7) is 1.82. The number of amides is 2. The Labute approximate surface area is 105 Å². The smallest absolute Gasteiger partial charge is 0.318 e. The summed E-state index contributed by atoms with van der Waals surface area (Å²) in [7, 11) is 0. The van der Waals surface area contributed by atoms with Crippen LogP contribution in [-0.2, 0) is 0 Å². The van der Waals surface area contributed by atoms with Crippen LogP contribution in [0, 0.1) is 0 Å². The van der Waals surface area contributed by atoms with E-state index in [4.69, 9.17) is 16.7 Å². The van der Waals surface area contributed by atoms with Crippen molar-refractivity contribution in [1.82, 2.24) is 10.6 Å². The van der Waals surface area contributed by atoms with E-state index in [0.717, 1.165) is 5.56 Å². The highest BCUT2D eigenvalue weighted by molar-refractivity contribution is 6.30. The summed E-state index contributed by atoms with van der Waals surface area (Å²) in [5.41, 5.74) is 0.897. The Morgan fingerprint density at radius 3 is 3.00 bits per heavy atom. The Hall–Kier alpha value is -1.52. The number of halogens is 1. The fraction of sp³-hybridized carbons (Fsp3) is 0.250. The second-order valence-electron chi connectivity index (χ2n) is 3.59. The van der Waals surface area contributed by atoms with Gasteiger partial charge in [0.2, 0.25) is 0 Å². The Bertz CT molecular complexity index is 405. The van der Waals surface area contributed by atoms with Gasteiger partial charge in [-0.1, -0.05) is 23.7 Å². The van der Waals surface area contributed by atoms with Crippen LogP contribution in [0.5, 0.6) is 0 Å². The quantitative estimate of drug-likeness (QED) is 0.770. The van der Waals surface area contributed by atoms with Gasteiger partial charge in [0, 0.05) is 17.8 Å². The van der Waals surface area contributed by atoms with Crippen LogP contribution in [0.25, 0.3) is 6.08 Å². The molecule has 0 aliphatic heterocycles. The van der Waals surface area contributed by atoms with Crippen molar-refractivity contribution in [3.8, 4) is 0 Å². The molecule has 0 fully saturated rings. The van der Waals surface area contributed by atoms with Crippen LogP contribution in [0.3, 0.4) is 0 Å². The Balaban J connectivity index is 2.37. The molecule has 1 rings (SSSR count). The van der Waals surface area contributed by atoms with Gasteiger partial charge in [0.1, 0.15) is 0 Å². The minimum atomic E-state index is -0.558. The molecule has 0 saturated heterocycles. The zero-order chi connectivity index (χ0) is 12.7. The van der Waals surface area contributed by atoms with E-state index in [0.29, 0.717) is 5.02 Å². The van der Waals surface area contributed by atoms with Crippen LogP contribution in [0.4, 0.5) is 4.79 Å². The second-order valence-corrected chi connectivity index (χ2v) is 4.03. The molecule has 1 atom stereocenters. The highest BCUT2D eigenvalue weighted by Gasteiger charge is 1.98. The summed E-state index contributed by atoms with van der Waals surface area (Å²) in [6, 6.07) is 6.91. The number of aliphatic hydroxyl groups excluding tert-OH is 1. The third kappa shape index (κ3) is 5.94. The third-order valence-corrected chi connectivity index (χ3v) is 2.13. The first-order chi connectivity index (χ1) is 8.08. The van der Waals surface area contributed by atoms with Gasteiger partial charge in [-0.25, -0.2) is 4.79 Å². The molecule has 4 nitrogen and oxygen atoms in total. The van der Waals surface area contributed by atoms with Crippen LogP contribution < -0.4 is 10.6 Å². The average Bonchev–Trinajstić information content (AvgIpc) is 2.26. The average molecular weight is 255 g/mol. The molecule has 3 N–H and O–H groups in total. The first kappa shape index (κ1) is 13.5. The van der Waals surface area contributed by atoms with Crippen LogP contribution in [0.15, 0.2) is 30.5 Å². The summed E-state index contributed by atoms with van der Waals surface area (Å²) in [5, 5.41) is 14.6. The molecule has 0 spiro atoms. The molecule has 5 heteroatoms. The number of nitrogens with one attached hydrogen (secondary N) is 2. The van der Waals surface area contributed by atoms with Gasteiger partial charge < -0.3 is 15.7 Å². The maximum Gasteiger partial charge on any atom is 0.318 e. The first-order valence-electron chi connectivity index (χ1n) is 5.22. The zero-order valence-corrected chi connectivity index (χ0v) is 10.2. The molecular formula is C12H15ClN2O2. The summed E-state index contributed by atoms with van der Waals surface area (Å²) >= 11 is 5.81. The zero-order valence-electron chi connectivity index (χ0n) is 9.48. The van der Waals surface area contributed by atoms with Gasteiger partial charge >= 0.3 is 6.03 Å². The molecular weight excluding hydrogens is 240 g/mol. The van der Waals surface area contributed by atoms with E-state index in [-0.39, 0.29) is 12.6 Å². The van der Waals surface area contributed by atoms with Gasteiger partial charge in [0.05, 0.1) is 6.10 Å². The normalized spacial score (nSPS) is 12.4. The number of urea groups is 1. The van der Waals surface area contributed by atoms with Gasteiger partial charge in [-0.3, -0.25) is 0 Å². The lowest BCUT2D eigenvalue weighted by Gasteiger charge is -2.05. The largest absolute Gasteiger partial charge is 0.392 e. The van der Waals surface area contributed by atoms with Crippen LogP contribution in [0.2, 0.25) is 5.02 Å². The van der Waals surface area contributed by atoms with Crippen molar-refractivity contribution in [2.45, 2.75) is 13.0 Å². The first-order valence-corrected chi connectivity index (χ1v) is 5.60. The minimum absolute atomic E-state index is 0.219. The van der Waals surface area contributed by atoms with E-state index in [1.807, 2.05) is 12.1 Å². The van der Waals surface area contributed by atoms with Gasteiger partial charge in [-0.15, -0.1) is 0 Å². The maximum absolute atomic E-state index is 11.2. The number of carbonyl (C=O) groups excluding carboxylic acids is 1. The standard InChI is InChI=1S/C12H15ClN2O2/c1-9(16)8-15-12(17)14-6-5-10-3-2-4-11(13)7-10/h2-7,9,16H,8H2,1H3,(H2,14,15,17)/b6-5+. The summed E-state index contributed by atoms with van der Waals surface area (Å²) in [4.78, 5) is 11.2. The summed E-state index contributed by atoms with van der Waals surface area (Å²) < 4.78 is 0. The lowest BCUT2D eigenvalue weighted by Crippen LogP contribution is -2.36. The highest BCUT2D eigenvalue weighted by atomic mass is 35.5. The predicted octanol–water partition coefficient (Wildman–Crippen LogP) is 1.99. The summed E-state index contributed by atoms with van der Waals surface area (Å²) in [6.07, 6.45) is 2.69. The Morgan fingerprint density at radius 2 is 2.35 bits per heavy atom. The lowest BCUT2D eigenvalue weighted by atomic mass is 10.2. The van der Waals surface area contributed by atoms with Crippen LogP contribution in [-0.4, -0.2) is 23.8 Å². The molecule has 1 aromatic carbocycles. The van der Waals surface area contributed by atoms with Crippen molar-refractivity contribution in [2.75, 3.05) is 6.54 Å². The number of rotatable bonds is 4. The van der Waals surface area contributed by atoms with Gasteiger partial charge in [-0.05, 0) is 30.7 Å². The van der Waals surface area contributed by atoms with Crippen LogP contribution >= 0.6 is 11.6 Å². The molecule has 17 heavy (non-hydrogen) atoms. The van der Waals surface area contributed by atoms with E-state index in [9.17, 15) is 4.79 Å². The molecule has 0 saturated carbocycles. The molecule has 0 bridgehead atoms. The van der Waals surface area contributed by atoms with Gasteiger partial charge in [-0.2, -0.15) is 0 Å². The topological polar surface area (TPSA) is 61.4 Å². The van der Waals surface area contributed by atoms with Crippen molar-refractivity contribution >= 4 is 23.7 Å². The van der Waals surface area contributed by atoms with Crippen molar-refractivity contribution in [3.63, 3.8) is 0 Å². The van der Waals surface area contributed by atoms with Gasteiger partial charge in [0.15, 0.2) is 0 Å². The number of benzene rings is 1. The molecule has 0 aliphatic rings. The fourth-order valence-electron chi connectivity index (χ4n) is 1.12. The molecule has 0 aromatic heterocycles. The highest BCUT2D eigenvalue weighted by Crippen LogP contribution is 2.11. The van der Waals surface area contributed by atoms with Crippen molar-refractivity contribution in [1.29, 1.82) is 0 Å². The molecule has 0 heterocycles. The van der Waals surface area contributed by atoms with E-state index >= 15 is 0 Å². The maximum atomic E-state index is 11.2. The van der Waals surface area contributed by atoms with E-state index in [1.54, 1.807) is 25.1 Å². The molecule has 0 radical (unpaired) electrons. The van der Waals surface area contributed by atoms with E-state index < -0.39 is 6.10 Å². The number of carbonyl (C=O) groups is 1. The SMILES string of the molecule is CC(O)CNC(=O)N/C=C/c1cccc(Cl)c1. The third-order valence-electron chi connectivity index (χ3n) is 1.90. The molecule has 0 aliphatic carbocycles. The summed E-state index contributed by atoms with van der Waals surface area (Å²) in [5.74, 6) is 0. The Morgan fingerprint density at radius 1 is 1.59 bits per heavy atom. The molecule has 1 unspecified atom stereocenters. The minimum Gasteiger partial charge on any atom is -0.392 e. The fourth-order valence-corrected chi connectivity index (χ4v) is 1.31.